The smallest absolute Gasteiger partial charge is 0.185 e. The Hall–Kier alpha value is -1.29. The molecule has 1 aromatic heterocycles. The molecule has 0 saturated heterocycles. The SMILES string of the molecule is CC(=O)SCCC=Cc1ncccc1N. The number of thioether (sulfide) groups is 1. The Bertz CT molecular complexity index is 363. The molecule has 0 aliphatic carbocycles. The zero-order valence-electron chi connectivity index (χ0n) is 8.64. The van der Waals surface area contributed by atoms with Gasteiger partial charge in [0.15, 0.2) is 5.12 Å². The van der Waals surface area contributed by atoms with E-state index >= 15 is 0 Å². The predicted molar refractivity (Wildman–Crippen MR) is 65.4 cm³/mol. The first-order chi connectivity index (χ1) is 7.20. The van der Waals surface area contributed by atoms with E-state index < -0.39 is 0 Å². The lowest BCUT2D eigenvalue weighted by atomic mass is 10.2. The highest BCUT2D eigenvalue weighted by molar-refractivity contribution is 8.13. The number of hydrogen-bond acceptors (Lipinski definition) is 4. The van der Waals surface area contributed by atoms with Gasteiger partial charge in [-0.3, -0.25) is 9.78 Å². The molecule has 0 amide bonds. The number of aromatic nitrogens is 1. The molecular formula is C11H14N2OS. The molecule has 0 fully saturated rings. The zero-order valence-corrected chi connectivity index (χ0v) is 9.46. The summed E-state index contributed by atoms with van der Waals surface area (Å²) in [5.41, 5.74) is 7.17. The van der Waals surface area contributed by atoms with Crippen molar-refractivity contribution in [2.45, 2.75) is 13.3 Å². The molecule has 0 aliphatic rings. The first kappa shape index (κ1) is 11.8. The Labute approximate surface area is 93.8 Å². The van der Waals surface area contributed by atoms with Crippen LogP contribution < -0.4 is 5.73 Å². The van der Waals surface area contributed by atoms with Gasteiger partial charge in [-0.1, -0.05) is 17.8 Å². The number of nitrogens with two attached hydrogens (primary N) is 1. The average molecular weight is 222 g/mol. The molecule has 80 valence electrons. The van der Waals surface area contributed by atoms with Crippen molar-refractivity contribution in [3.63, 3.8) is 0 Å². The molecule has 0 radical (unpaired) electrons. The molecule has 0 aliphatic heterocycles. The van der Waals surface area contributed by atoms with Gasteiger partial charge in [-0.05, 0) is 24.6 Å². The summed E-state index contributed by atoms with van der Waals surface area (Å²) in [4.78, 5) is 14.8. The lowest BCUT2D eigenvalue weighted by molar-refractivity contribution is -0.109. The van der Waals surface area contributed by atoms with Crippen molar-refractivity contribution < 1.29 is 4.79 Å². The minimum absolute atomic E-state index is 0.153. The van der Waals surface area contributed by atoms with Crippen molar-refractivity contribution in [2.24, 2.45) is 0 Å². The monoisotopic (exact) mass is 222 g/mol. The molecular weight excluding hydrogens is 208 g/mol. The van der Waals surface area contributed by atoms with Crippen LogP contribution in [0.1, 0.15) is 19.0 Å². The third-order valence-corrected chi connectivity index (χ3v) is 2.58. The largest absolute Gasteiger partial charge is 0.397 e. The Kier molecular flexibility index (Phi) is 4.90. The van der Waals surface area contributed by atoms with Crippen molar-refractivity contribution in [1.29, 1.82) is 0 Å². The number of pyridine rings is 1. The third-order valence-electron chi connectivity index (χ3n) is 1.74. The maximum atomic E-state index is 10.6. The highest BCUT2D eigenvalue weighted by Gasteiger charge is 1.94. The summed E-state index contributed by atoms with van der Waals surface area (Å²) in [6.45, 7) is 1.57. The highest BCUT2D eigenvalue weighted by atomic mass is 32.2. The van der Waals surface area contributed by atoms with Crippen LogP contribution >= 0.6 is 11.8 Å². The minimum Gasteiger partial charge on any atom is -0.397 e. The molecule has 0 spiro atoms. The molecule has 0 bridgehead atoms. The molecule has 2 N–H and O–H groups in total. The number of nitrogen functional groups attached to an aromatic ring is 1. The maximum absolute atomic E-state index is 10.6. The van der Waals surface area contributed by atoms with Crippen molar-refractivity contribution in [3.05, 3.63) is 30.1 Å². The van der Waals surface area contributed by atoms with Gasteiger partial charge in [-0.2, -0.15) is 0 Å². The van der Waals surface area contributed by atoms with Gasteiger partial charge in [0.25, 0.3) is 0 Å². The van der Waals surface area contributed by atoms with E-state index in [-0.39, 0.29) is 5.12 Å². The van der Waals surface area contributed by atoms with Crippen LogP contribution in [0.3, 0.4) is 0 Å². The van der Waals surface area contributed by atoms with Crippen LogP contribution in [0.25, 0.3) is 6.08 Å². The molecule has 1 rings (SSSR count). The quantitative estimate of drug-likeness (QED) is 0.794. The van der Waals surface area contributed by atoms with Gasteiger partial charge in [0.05, 0.1) is 11.4 Å². The molecule has 0 aromatic carbocycles. The fraction of sp³-hybridized carbons (Fsp3) is 0.273. The summed E-state index contributed by atoms with van der Waals surface area (Å²) in [5.74, 6) is 0.804. The zero-order chi connectivity index (χ0) is 11.1. The second-order valence-corrected chi connectivity index (χ2v) is 4.28. The molecule has 3 nitrogen and oxygen atoms in total. The Balaban J connectivity index is 2.38. The number of carbonyl (C=O) groups excluding carboxylic acids is 1. The summed E-state index contributed by atoms with van der Waals surface area (Å²) in [6.07, 6.45) is 6.42. The van der Waals surface area contributed by atoms with Crippen LogP contribution in [-0.2, 0) is 4.79 Å². The summed E-state index contributed by atoms with van der Waals surface area (Å²) < 4.78 is 0. The van der Waals surface area contributed by atoms with E-state index in [9.17, 15) is 4.79 Å². The highest BCUT2D eigenvalue weighted by Crippen LogP contribution is 2.10. The number of carbonyl (C=O) groups is 1. The Morgan fingerprint density at radius 2 is 2.47 bits per heavy atom. The Morgan fingerprint density at radius 3 is 3.13 bits per heavy atom. The summed E-state index contributed by atoms with van der Waals surface area (Å²) >= 11 is 1.33. The third kappa shape index (κ3) is 4.65. The fourth-order valence-corrected chi connectivity index (χ4v) is 1.58. The van der Waals surface area contributed by atoms with E-state index in [1.807, 2.05) is 18.2 Å². The van der Waals surface area contributed by atoms with Crippen molar-refractivity contribution in [2.75, 3.05) is 11.5 Å². The van der Waals surface area contributed by atoms with E-state index in [4.69, 9.17) is 5.73 Å². The van der Waals surface area contributed by atoms with Crippen molar-refractivity contribution in [3.8, 4) is 0 Å². The van der Waals surface area contributed by atoms with Gasteiger partial charge in [-0.25, -0.2) is 0 Å². The lowest BCUT2D eigenvalue weighted by Crippen LogP contribution is -1.91. The normalized spacial score (nSPS) is 10.7. The van der Waals surface area contributed by atoms with Crippen molar-refractivity contribution >= 4 is 28.6 Å². The van der Waals surface area contributed by atoms with E-state index in [1.165, 1.54) is 11.8 Å². The van der Waals surface area contributed by atoms with Gasteiger partial charge in [-0.15, -0.1) is 0 Å². The van der Waals surface area contributed by atoms with Crippen LogP contribution in [0.4, 0.5) is 5.69 Å². The van der Waals surface area contributed by atoms with Gasteiger partial charge in [0.1, 0.15) is 0 Å². The van der Waals surface area contributed by atoms with Crippen molar-refractivity contribution in [1.82, 2.24) is 4.98 Å². The maximum Gasteiger partial charge on any atom is 0.185 e. The number of anilines is 1. The predicted octanol–water partition coefficient (Wildman–Crippen LogP) is 2.35. The van der Waals surface area contributed by atoms with Crippen LogP contribution in [0.5, 0.6) is 0 Å². The lowest BCUT2D eigenvalue weighted by Gasteiger charge is -1.97. The second-order valence-electron chi connectivity index (χ2n) is 3.01. The van der Waals surface area contributed by atoms with Gasteiger partial charge < -0.3 is 5.73 Å². The molecule has 1 aromatic rings. The standard InChI is InChI=1S/C11H14N2OS/c1-9(14)15-8-3-2-6-11-10(12)5-4-7-13-11/h2,4-7H,3,8,12H2,1H3. The molecule has 0 atom stereocenters. The number of allylic oxidation sites excluding steroid dienone is 1. The molecule has 15 heavy (non-hydrogen) atoms. The first-order valence-corrected chi connectivity index (χ1v) is 5.69. The number of rotatable bonds is 4. The number of nitrogens with zero attached hydrogens (tertiary/aromatic N) is 1. The van der Waals surface area contributed by atoms with Gasteiger partial charge in [0, 0.05) is 18.9 Å². The van der Waals surface area contributed by atoms with E-state index in [1.54, 1.807) is 19.2 Å². The number of hydrogen-bond donors (Lipinski definition) is 1. The minimum atomic E-state index is 0.153. The van der Waals surface area contributed by atoms with Crippen LogP contribution in [0.2, 0.25) is 0 Å². The average Bonchev–Trinajstić information content (AvgIpc) is 2.20. The topological polar surface area (TPSA) is 56.0 Å². The van der Waals surface area contributed by atoms with E-state index in [2.05, 4.69) is 4.98 Å². The second kappa shape index (κ2) is 6.24. The summed E-state index contributed by atoms with van der Waals surface area (Å²) in [6, 6.07) is 3.62. The van der Waals surface area contributed by atoms with Crippen LogP contribution in [0, 0.1) is 0 Å². The summed E-state index contributed by atoms with van der Waals surface area (Å²) in [7, 11) is 0. The van der Waals surface area contributed by atoms with E-state index in [0.29, 0.717) is 5.69 Å². The molecule has 0 saturated carbocycles. The van der Waals surface area contributed by atoms with Crippen LogP contribution in [0.15, 0.2) is 24.4 Å². The molecule has 0 unspecified atom stereocenters. The van der Waals surface area contributed by atoms with E-state index in [0.717, 1.165) is 17.9 Å². The van der Waals surface area contributed by atoms with Gasteiger partial charge >= 0.3 is 0 Å². The summed E-state index contributed by atoms with van der Waals surface area (Å²) in [5, 5.41) is 0.153. The first-order valence-electron chi connectivity index (χ1n) is 4.70. The Morgan fingerprint density at radius 1 is 1.67 bits per heavy atom. The van der Waals surface area contributed by atoms with Gasteiger partial charge in [0.2, 0.25) is 0 Å². The fourth-order valence-electron chi connectivity index (χ4n) is 1.03. The molecule has 1 heterocycles. The molecule has 4 heteroatoms. The van der Waals surface area contributed by atoms with Crippen LogP contribution in [-0.4, -0.2) is 15.9 Å².